The summed E-state index contributed by atoms with van der Waals surface area (Å²) in [4.78, 5) is 60.7. The van der Waals surface area contributed by atoms with E-state index in [-0.39, 0.29) is 0 Å². The first-order chi connectivity index (χ1) is 14.9. The largest absolute Gasteiger partial charge is 0.490 e. The number of phosphoric ester groups is 1. The third-order valence-electron chi connectivity index (χ3n) is 4.09. The Morgan fingerprint density at radius 2 is 1.82 bits per heavy atom. The fourth-order valence-electron chi connectivity index (χ4n) is 2.69. The average molecular weight is 540 g/mol. The van der Waals surface area contributed by atoms with Crippen LogP contribution in [0, 0.1) is 12.3 Å². The van der Waals surface area contributed by atoms with Crippen molar-refractivity contribution in [2.45, 2.75) is 23.5 Å². The third kappa shape index (κ3) is 6.13. The van der Waals surface area contributed by atoms with Crippen molar-refractivity contribution in [2.75, 3.05) is 13.3 Å². The number of aromatic amines is 1. The van der Waals surface area contributed by atoms with E-state index in [0.717, 1.165) is 12.3 Å². The van der Waals surface area contributed by atoms with E-state index < -0.39 is 71.5 Å². The lowest BCUT2D eigenvalue weighted by Crippen LogP contribution is -2.54. The van der Waals surface area contributed by atoms with Crippen LogP contribution in [-0.2, 0) is 31.6 Å². The van der Waals surface area contributed by atoms with E-state index >= 15 is 0 Å². The lowest BCUT2D eigenvalue weighted by Gasteiger charge is -2.30. The van der Waals surface area contributed by atoms with Crippen LogP contribution in [0.1, 0.15) is 6.23 Å². The van der Waals surface area contributed by atoms with Crippen LogP contribution >= 0.6 is 23.5 Å². The van der Waals surface area contributed by atoms with Gasteiger partial charge in [-0.15, -0.1) is 6.42 Å². The van der Waals surface area contributed by atoms with Crippen LogP contribution in [0.25, 0.3) is 0 Å². The highest BCUT2D eigenvalue weighted by atomic mass is 31.3. The van der Waals surface area contributed by atoms with Crippen molar-refractivity contribution >= 4 is 23.5 Å². The maximum absolute atomic E-state index is 13.9. The molecule has 1 aliphatic heterocycles. The molecule has 0 aliphatic carbocycles. The van der Waals surface area contributed by atoms with Gasteiger partial charge in [0, 0.05) is 12.3 Å². The Morgan fingerprint density at radius 1 is 1.21 bits per heavy atom. The molecule has 0 radical (unpaired) electrons. The number of hydrogen-bond acceptors (Lipinski definition) is 11. The van der Waals surface area contributed by atoms with Crippen LogP contribution < -0.4 is 11.2 Å². The third-order valence-corrected chi connectivity index (χ3v) is 7.87. The molecule has 1 aliphatic rings. The number of rotatable bonds is 9. The number of hydrogen-bond donors (Lipinski definition) is 7. The summed E-state index contributed by atoms with van der Waals surface area (Å²) in [5.41, 5.74) is -7.76. The molecule has 21 heteroatoms. The Kier molecular flexibility index (Phi) is 7.77. The normalized spacial score (nSPS) is 31.5. The molecule has 6 atom stereocenters. The standard InChI is InChI=1S/C12H16FN2O15P3/c1-2-12(19)8(17)11(5-13,28-9(12)15-4-3-7(16)14-10(15)18)6-27-32(23,24)30-33(25,26)29-31(20,21)22/h1,3-4,8-9,17,19H,5-6H2,(H,23,24)(H,25,26)(H,14,16,18)(H2,20,21,22). The van der Waals surface area contributed by atoms with E-state index in [2.05, 4.69) is 13.1 Å². The van der Waals surface area contributed by atoms with Crippen molar-refractivity contribution in [3.8, 4) is 12.3 Å². The second-order valence-corrected chi connectivity index (χ2v) is 10.8. The number of aromatic nitrogens is 2. The molecule has 2 rings (SSSR count). The quantitative estimate of drug-likeness (QED) is 0.130. The molecule has 0 amide bonds. The van der Waals surface area contributed by atoms with Crippen molar-refractivity contribution in [1.29, 1.82) is 0 Å². The van der Waals surface area contributed by atoms with Gasteiger partial charge in [-0.2, -0.15) is 8.62 Å². The number of aliphatic hydroxyl groups excluding tert-OH is 1. The van der Waals surface area contributed by atoms with Crippen LogP contribution in [0.15, 0.2) is 21.9 Å². The monoisotopic (exact) mass is 540 g/mol. The van der Waals surface area contributed by atoms with Crippen LogP contribution in [0.4, 0.5) is 4.39 Å². The Bertz CT molecular complexity index is 1200. The van der Waals surface area contributed by atoms with Gasteiger partial charge in [-0.25, -0.2) is 22.9 Å². The predicted octanol–water partition coefficient (Wildman–Crippen LogP) is -2.16. The maximum Gasteiger partial charge on any atom is 0.490 e. The van der Waals surface area contributed by atoms with Gasteiger partial charge in [0.05, 0.1) is 6.61 Å². The first-order valence-corrected chi connectivity index (χ1v) is 12.6. The van der Waals surface area contributed by atoms with Crippen molar-refractivity contribution in [3.63, 3.8) is 0 Å². The van der Waals surface area contributed by atoms with Crippen molar-refractivity contribution in [2.24, 2.45) is 0 Å². The molecule has 0 saturated carbocycles. The Balaban J connectivity index is 2.35. The summed E-state index contributed by atoms with van der Waals surface area (Å²) in [7, 11) is -17.4. The number of nitrogens with one attached hydrogen (secondary N) is 1. The Morgan fingerprint density at radius 3 is 2.30 bits per heavy atom. The number of alkyl halides is 1. The zero-order chi connectivity index (χ0) is 25.5. The van der Waals surface area contributed by atoms with Gasteiger partial charge in [-0.05, 0) is 0 Å². The zero-order valence-corrected chi connectivity index (χ0v) is 18.5. The molecular formula is C12H16FN2O15P3. The second-order valence-electron chi connectivity index (χ2n) is 6.42. The van der Waals surface area contributed by atoms with E-state index in [1.807, 2.05) is 0 Å². The summed E-state index contributed by atoms with van der Waals surface area (Å²) >= 11 is 0. The Hall–Kier alpha value is -1.54. The Labute approximate surface area is 181 Å². The second kappa shape index (κ2) is 9.25. The molecule has 1 aromatic heterocycles. The molecule has 33 heavy (non-hydrogen) atoms. The summed E-state index contributed by atoms with van der Waals surface area (Å²) in [5.74, 6) is 1.68. The van der Waals surface area contributed by atoms with E-state index in [4.69, 9.17) is 25.8 Å². The molecule has 0 spiro atoms. The minimum absolute atomic E-state index is 0.465. The fourth-order valence-corrected chi connectivity index (χ4v) is 5.77. The van der Waals surface area contributed by atoms with E-state index in [9.17, 15) is 42.8 Å². The molecule has 6 unspecified atom stereocenters. The molecule has 1 fully saturated rings. The van der Waals surface area contributed by atoms with Gasteiger partial charge in [0.15, 0.2) is 17.4 Å². The van der Waals surface area contributed by atoms with Crippen LogP contribution in [0.5, 0.6) is 0 Å². The van der Waals surface area contributed by atoms with Crippen LogP contribution in [0.2, 0.25) is 0 Å². The van der Waals surface area contributed by atoms with E-state index in [1.165, 1.54) is 0 Å². The summed E-state index contributed by atoms with van der Waals surface area (Å²) < 4.78 is 64.7. The highest BCUT2D eigenvalue weighted by Gasteiger charge is 2.65. The number of aliphatic hydroxyl groups is 2. The zero-order valence-electron chi connectivity index (χ0n) is 15.8. The first-order valence-electron chi connectivity index (χ1n) is 8.12. The van der Waals surface area contributed by atoms with Crippen LogP contribution in [-0.4, -0.2) is 69.9 Å². The number of terminal acetylenes is 1. The van der Waals surface area contributed by atoms with Crippen molar-refractivity contribution in [3.05, 3.63) is 33.1 Å². The highest BCUT2D eigenvalue weighted by molar-refractivity contribution is 7.66. The summed E-state index contributed by atoms with van der Waals surface area (Å²) in [6.45, 7) is -3.34. The molecule has 0 bridgehead atoms. The molecule has 186 valence electrons. The highest BCUT2D eigenvalue weighted by Crippen LogP contribution is 2.66. The number of H-pyrrole nitrogens is 1. The number of nitrogens with zero attached hydrogens (tertiary/aromatic N) is 1. The maximum atomic E-state index is 13.9. The van der Waals surface area contributed by atoms with Crippen molar-refractivity contribution in [1.82, 2.24) is 9.55 Å². The van der Waals surface area contributed by atoms with E-state index in [1.54, 1.807) is 10.9 Å². The van der Waals surface area contributed by atoms with Gasteiger partial charge in [0.25, 0.3) is 5.56 Å². The van der Waals surface area contributed by atoms with Gasteiger partial charge in [-0.3, -0.25) is 18.9 Å². The minimum Gasteiger partial charge on any atom is -0.386 e. The molecule has 1 saturated heterocycles. The van der Waals surface area contributed by atoms with Gasteiger partial charge >= 0.3 is 29.2 Å². The molecule has 2 heterocycles. The summed E-state index contributed by atoms with van der Waals surface area (Å²) in [6.07, 6.45) is 1.40. The van der Waals surface area contributed by atoms with Crippen LogP contribution in [0.3, 0.4) is 0 Å². The lowest BCUT2D eigenvalue weighted by atomic mass is 9.87. The lowest BCUT2D eigenvalue weighted by molar-refractivity contribution is -0.137. The van der Waals surface area contributed by atoms with Gasteiger partial charge in [0.2, 0.25) is 0 Å². The fraction of sp³-hybridized carbons (Fsp3) is 0.500. The molecule has 7 N–H and O–H groups in total. The molecule has 0 aromatic carbocycles. The predicted molar refractivity (Wildman–Crippen MR) is 99.8 cm³/mol. The first kappa shape index (κ1) is 27.7. The van der Waals surface area contributed by atoms with Gasteiger partial charge in [-0.1, -0.05) is 5.92 Å². The average Bonchev–Trinajstić information content (AvgIpc) is 2.86. The number of halogens is 1. The smallest absolute Gasteiger partial charge is 0.386 e. The molecule has 1 aromatic rings. The van der Waals surface area contributed by atoms with Crippen molar-refractivity contribution < 1.29 is 65.8 Å². The summed E-state index contributed by atoms with van der Waals surface area (Å²) in [5, 5.41) is 21.1. The summed E-state index contributed by atoms with van der Waals surface area (Å²) in [6, 6.07) is 0.787. The van der Waals surface area contributed by atoms with Gasteiger partial charge < -0.3 is 34.5 Å². The number of phosphoric acid groups is 3. The topological polar surface area (TPSA) is 264 Å². The number of ether oxygens (including phenoxy) is 1. The van der Waals surface area contributed by atoms with Gasteiger partial charge in [0.1, 0.15) is 12.8 Å². The van der Waals surface area contributed by atoms with E-state index in [0.29, 0.717) is 4.57 Å². The molecule has 17 nitrogen and oxygen atoms in total. The SMILES string of the molecule is C#CC1(O)C(n2ccc(=O)[nH]c2=O)OC(CF)(COP(=O)(O)OP(=O)(O)OP(=O)(O)O)C1O. The molecular weight excluding hydrogens is 524 g/mol. The minimum atomic E-state index is -5.90.